The molecule has 1 aliphatic rings. The third-order valence-corrected chi connectivity index (χ3v) is 4.91. The van der Waals surface area contributed by atoms with E-state index in [1.54, 1.807) is 6.92 Å². The normalized spacial score (nSPS) is 21.7. The van der Waals surface area contributed by atoms with E-state index in [2.05, 4.69) is 0 Å². The van der Waals surface area contributed by atoms with E-state index in [1.807, 2.05) is 18.7 Å². The first kappa shape index (κ1) is 12.9. The SMILES string of the molecule is CCS(=O)(=O)CCN1CC(O)(C(C)C)C1. The van der Waals surface area contributed by atoms with Crippen LogP contribution in [0.1, 0.15) is 20.8 Å². The summed E-state index contributed by atoms with van der Waals surface area (Å²) in [6.45, 7) is 7.38. The molecule has 0 aromatic carbocycles. The van der Waals surface area contributed by atoms with Crippen molar-refractivity contribution in [3.63, 3.8) is 0 Å². The van der Waals surface area contributed by atoms with Crippen molar-refractivity contribution in [2.75, 3.05) is 31.1 Å². The third-order valence-electron chi connectivity index (χ3n) is 3.23. The van der Waals surface area contributed by atoms with E-state index in [-0.39, 0.29) is 17.4 Å². The van der Waals surface area contributed by atoms with Gasteiger partial charge in [-0.1, -0.05) is 20.8 Å². The van der Waals surface area contributed by atoms with Crippen molar-refractivity contribution in [2.24, 2.45) is 5.92 Å². The number of sulfone groups is 1. The fourth-order valence-corrected chi connectivity index (χ4v) is 2.49. The van der Waals surface area contributed by atoms with Gasteiger partial charge in [0, 0.05) is 25.4 Å². The number of rotatable bonds is 5. The van der Waals surface area contributed by atoms with Crippen LogP contribution in [0.5, 0.6) is 0 Å². The van der Waals surface area contributed by atoms with Crippen molar-refractivity contribution in [1.82, 2.24) is 4.90 Å². The van der Waals surface area contributed by atoms with Crippen LogP contribution in [0.15, 0.2) is 0 Å². The first-order valence-electron chi connectivity index (χ1n) is 5.44. The number of aliphatic hydroxyl groups is 1. The summed E-state index contributed by atoms with van der Waals surface area (Å²) >= 11 is 0. The predicted octanol–water partition coefficient (Wildman–Crippen LogP) is 0.124. The molecule has 0 bridgehead atoms. The smallest absolute Gasteiger partial charge is 0.151 e. The van der Waals surface area contributed by atoms with Crippen LogP contribution in [0.25, 0.3) is 0 Å². The van der Waals surface area contributed by atoms with E-state index in [4.69, 9.17) is 0 Å². The Kier molecular flexibility index (Phi) is 3.79. The molecule has 1 aliphatic heterocycles. The van der Waals surface area contributed by atoms with E-state index in [0.29, 0.717) is 19.6 Å². The Labute approximate surface area is 92.2 Å². The van der Waals surface area contributed by atoms with E-state index in [1.165, 1.54) is 0 Å². The van der Waals surface area contributed by atoms with Gasteiger partial charge in [-0.15, -0.1) is 0 Å². The van der Waals surface area contributed by atoms with Crippen LogP contribution in [0.3, 0.4) is 0 Å². The molecule has 1 heterocycles. The van der Waals surface area contributed by atoms with E-state index < -0.39 is 15.4 Å². The Morgan fingerprint density at radius 3 is 2.33 bits per heavy atom. The highest BCUT2D eigenvalue weighted by Crippen LogP contribution is 2.28. The van der Waals surface area contributed by atoms with E-state index >= 15 is 0 Å². The molecule has 1 N–H and O–H groups in total. The van der Waals surface area contributed by atoms with Crippen molar-refractivity contribution >= 4 is 9.84 Å². The molecule has 5 heteroatoms. The number of nitrogens with zero attached hydrogens (tertiary/aromatic N) is 1. The highest BCUT2D eigenvalue weighted by atomic mass is 32.2. The molecule has 90 valence electrons. The van der Waals surface area contributed by atoms with E-state index in [9.17, 15) is 13.5 Å². The summed E-state index contributed by atoms with van der Waals surface area (Å²) in [6.07, 6.45) is 0. The van der Waals surface area contributed by atoms with Gasteiger partial charge in [0.1, 0.15) is 0 Å². The Morgan fingerprint density at radius 1 is 1.40 bits per heavy atom. The largest absolute Gasteiger partial charge is 0.387 e. The lowest BCUT2D eigenvalue weighted by atomic mass is 9.83. The molecule has 4 nitrogen and oxygen atoms in total. The minimum atomic E-state index is -2.87. The van der Waals surface area contributed by atoms with Gasteiger partial charge in [0.25, 0.3) is 0 Å². The molecule has 1 fully saturated rings. The van der Waals surface area contributed by atoms with Crippen LogP contribution in [0, 0.1) is 5.92 Å². The zero-order valence-electron chi connectivity index (χ0n) is 9.73. The molecule has 15 heavy (non-hydrogen) atoms. The van der Waals surface area contributed by atoms with Crippen molar-refractivity contribution < 1.29 is 13.5 Å². The van der Waals surface area contributed by atoms with Gasteiger partial charge < -0.3 is 5.11 Å². The summed E-state index contributed by atoms with van der Waals surface area (Å²) < 4.78 is 22.5. The Hall–Kier alpha value is -0.130. The van der Waals surface area contributed by atoms with Crippen LogP contribution in [-0.4, -0.2) is 55.2 Å². The van der Waals surface area contributed by atoms with Crippen molar-refractivity contribution in [3.05, 3.63) is 0 Å². The first-order chi connectivity index (χ1) is 6.79. The maximum atomic E-state index is 11.2. The third kappa shape index (κ3) is 3.16. The minimum absolute atomic E-state index is 0.204. The minimum Gasteiger partial charge on any atom is -0.387 e. The molecule has 1 rings (SSSR count). The molecule has 1 saturated heterocycles. The van der Waals surface area contributed by atoms with Crippen LogP contribution in [-0.2, 0) is 9.84 Å². The average Bonchev–Trinajstić information content (AvgIpc) is 2.10. The second-order valence-electron chi connectivity index (χ2n) is 4.71. The summed E-state index contributed by atoms with van der Waals surface area (Å²) in [6, 6.07) is 0. The first-order valence-corrected chi connectivity index (χ1v) is 7.26. The lowest BCUT2D eigenvalue weighted by Crippen LogP contribution is -2.65. The molecule has 0 spiro atoms. The van der Waals surface area contributed by atoms with Crippen molar-refractivity contribution in [3.8, 4) is 0 Å². The topological polar surface area (TPSA) is 57.6 Å². The Morgan fingerprint density at radius 2 is 1.93 bits per heavy atom. The number of hydrogen-bond acceptors (Lipinski definition) is 4. The number of hydrogen-bond donors (Lipinski definition) is 1. The fourth-order valence-electron chi connectivity index (χ4n) is 1.66. The summed E-state index contributed by atoms with van der Waals surface area (Å²) in [5, 5.41) is 9.95. The van der Waals surface area contributed by atoms with Gasteiger partial charge in [0.2, 0.25) is 0 Å². The van der Waals surface area contributed by atoms with Crippen molar-refractivity contribution in [1.29, 1.82) is 0 Å². The molecular formula is C10H21NO3S. The second-order valence-corrected chi connectivity index (χ2v) is 7.18. The second kappa shape index (κ2) is 4.39. The number of likely N-dealkylation sites (tertiary alicyclic amines) is 1. The predicted molar refractivity (Wildman–Crippen MR) is 60.6 cm³/mol. The lowest BCUT2D eigenvalue weighted by molar-refractivity contribution is -0.125. The molecule has 0 aromatic rings. The van der Waals surface area contributed by atoms with Gasteiger partial charge >= 0.3 is 0 Å². The monoisotopic (exact) mass is 235 g/mol. The summed E-state index contributed by atoms with van der Waals surface area (Å²) in [7, 11) is -2.87. The summed E-state index contributed by atoms with van der Waals surface area (Å²) in [4.78, 5) is 1.99. The maximum absolute atomic E-state index is 11.2. The van der Waals surface area contributed by atoms with Gasteiger partial charge in [0.05, 0.1) is 11.4 Å². The molecule has 0 saturated carbocycles. The fraction of sp³-hybridized carbons (Fsp3) is 1.00. The molecule has 0 aromatic heterocycles. The Bertz CT molecular complexity index is 305. The molecule has 0 radical (unpaired) electrons. The molecular weight excluding hydrogens is 214 g/mol. The number of β-amino-alcohol motifs (C(OH)–C–C–N with tert-alkyl or cyclic N) is 1. The quantitative estimate of drug-likeness (QED) is 0.735. The van der Waals surface area contributed by atoms with Crippen LogP contribution in [0.2, 0.25) is 0 Å². The van der Waals surface area contributed by atoms with Gasteiger partial charge in [-0.05, 0) is 5.92 Å². The molecule has 0 amide bonds. The van der Waals surface area contributed by atoms with Gasteiger partial charge in [0.15, 0.2) is 9.84 Å². The standard InChI is InChI=1S/C10H21NO3S/c1-4-15(13,14)6-5-11-7-10(12,8-11)9(2)3/h9,12H,4-8H2,1-3H3. The highest BCUT2D eigenvalue weighted by molar-refractivity contribution is 7.91. The van der Waals surface area contributed by atoms with Gasteiger partial charge in [-0.25, -0.2) is 8.42 Å². The lowest BCUT2D eigenvalue weighted by Gasteiger charge is -2.49. The van der Waals surface area contributed by atoms with Crippen molar-refractivity contribution in [2.45, 2.75) is 26.4 Å². The van der Waals surface area contributed by atoms with Crippen LogP contribution in [0.4, 0.5) is 0 Å². The molecule has 0 atom stereocenters. The van der Waals surface area contributed by atoms with E-state index in [0.717, 1.165) is 0 Å². The van der Waals surface area contributed by atoms with Crippen LogP contribution < -0.4 is 0 Å². The Balaban J connectivity index is 2.30. The maximum Gasteiger partial charge on any atom is 0.151 e. The zero-order valence-corrected chi connectivity index (χ0v) is 10.5. The average molecular weight is 235 g/mol. The zero-order chi connectivity index (χ0) is 11.7. The molecule has 0 unspecified atom stereocenters. The van der Waals surface area contributed by atoms with Crippen LogP contribution >= 0.6 is 0 Å². The summed E-state index contributed by atoms with van der Waals surface area (Å²) in [5.74, 6) is 0.643. The summed E-state index contributed by atoms with van der Waals surface area (Å²) in [5.41, 5.74) is -0.601. The van der Waals surface area contributed by atoms with Gasteiger partial charge in [-0.2, -0.15) is 0 Å². The molecule has 0 aliphatic carbocycles. The highest BCUT2D eigenvalue weighted by Gasteiger charge is 2.43. The van der Waals surface area contributed by atoms with Gasteiger partial charge in [-0.3, -0.25) is 4.90 Å².